The van der Waals surface area contributed by atoms with Gasteiger partial charge in [0.05, 0.1) is 0 Å². The van der Waals surface area contributed by atoms with Gasteiger partial charge in [-0.25, -0.2) is 0 Å². The molecule has 1 rings (SSSR count). The molecule has 90 valence electrons. The molecule has 1 heterocycles. The molecule has 0 aliphatic rings. The summed E-state index contributed by atoms with van der Waals surface area (Å²) in [4.78, 5) is 14.8. The highest BCUT2D eigenvalue weighted by Gasteiger charge is 2.23. The molecule has 0 bridgehead atoms. The number of amides is 1. The summed E-state index contributed by atoms with van der Waals surface area (Å²) in [5.74, 6) is -0.110. The van der Waals surface area contributed by atoms with Crippen LogP contribution >= 0.6 is 0 Å². The van der Waals surface area contributed by atoms with Gasteiger partial charge < -0.3 is 16.0 Å². The average Bonchev–Trinajstić information content (AvgIpc) is 2.78. The molecule has 1 aromatic rings. The van der Waals surface area contributed by atoms with Crippen molar-refractivity contribution in [3.8, 4) is 0 Å². The summed E-state index contributed by atoms with van der Waals surface area (Å²) in [6.45, 7) is 7.00. The van der Waals surface area contributed by atoms with Crippen molar-refractivity contribution in [1.82, 2.24) is 10.3 Å². The first-order valence-electron chi connectivity index (χ1n) is 5.59. The van der Waals surface area contributed by atoms with Crippen molar-refractivity contribution in [1.29, 1.82) is 0 Å². The number of aromatic amines is 1. The topological polar surface area (TPSA) is 70.9 Å². The summed E-state index contributed by atoms with van der Waals surface area (Å²) >= 11 is 0. The molecular formula is C12H21N3O. The zero-order chi connectivity index (χ0) is 12.2. The first-order valence-corrected chi connectivity index (χ1v) is 5.59. The molecule has 1 unspecified atom stereocenters. The fraction of sp³-hybridized carbons (Fsp3) is 0.583. The highest BCUT2D eigenvalue weighted by atomic mass is 16.1. The van der Waals surface area contributed by atoms with E-state index >= 15 is 0 Å². The first kappa shape index (κ1) is 12.8. The summed E-state index contributed by atoms with van der Waals surface area (Å²) in [5.41, 5.74) is 6.47. The molecule has 4 heteroatoms. The van der Waals surface area contributed by atoms with Crippen LogP contribution in [0.2, 0.25) is 0 Å². The fourth-order valence-corrected chi connectivity index (χ4v) is 1.44. The van der Waals surface area contributed by atoms with Crippen LogP contribution in [0.5, 0.6) is 0 Å². The smallest absolute Gasteiger partial charge is 0.224 e. The number of rotatable bonds is 5. The lowest BCUT2D eigenvalue weighted by molar-refractivity contribution is -0.124. The Morgan fingerprint density at radius 3 is 2.81 bits per heavy atom. The third kappa shape index (κ3) is 3.10. The quantitative estimate of drug-likeness (QED) is 0.697. The maximum absolute atomic E-state index is 11.6. The second-order valence-electron chi connectivity index (χ2n) is 4.82. The van der Waals surface area contributed by atoms with Crippen molar-refractivity contribution >= 4 is 5.91 Å². The minimum atomic E-state index is -0.126. The van der Waals surface area contributed by atoms with E-state index in [4.69, 9.17) is 5.73 Å². The van der Waals surface area contributed by atoms with Crippen molar-refractivity contribution in [2.75, 3.05) is 13.1 Å². The lowest BCUT2D eigenvalue weighted by Gasteiger charge is -2.24. The summed E-state index contributed by atoms with van der Waals surface area (Å²) in [6, 6.07) is 3.99. The number of hydrogen-bond donors (Lipinski definition) is 3. The minimum Gasteiger partial charge on any atom is -0.364 e. The Bertz CT molecular complexity index is 330. The predicted molar refractivity (Wildman–Crippen MR) is 65.0 cm³/mol. The van der Waals surface area contributed by atoms with Gasteiger partial charge in [0.1, 0.15) is 0 Å². The summed E-state index contributed by atoms with van der Waals surface area (Å²) in [5, 5.41) is 2.92. The number of nitrogens with two attached hydrogens (primary N) is 1. The molecule has 4 nitrogen and oxygen atoms in total. The number of carbonyl (C=O) groups is 1. The summed E-state index contributed by atoms with van der Waals surface area (Å²) in [6.07, 6.45) is 1.89. The monoisotopic (exact) mass is 223 g/mol. The van der Waals surface area contributed by atoms with Crippen molar-refractivity contribution in [3.05, 3.63) is 24.0 Å². The predicted octanol–water partition coefficient (Wildman–Crippen LogP) is 1.00. The zero-order valence-corrected chi connectivity index (χ0v) is 10.2. The van der Waals surface area contributed by atoms with Gasteiger partial charge in [-0.2, -0.15) is 0 Å². The molecule has 0 spiro atoms. The van der Waals surface area contributed by atoms with Crippen LogP contribution in [0.4, 0.5) is 0 Å². The Morgan fingerprint density at radius 2 is 2.31 bits per heavy atom. The van der Waals surface area contributed by atoms with E-state index < -0.39 is 0 Å². The zero-order valence-electron chi connectivity index (χ0n) is 10.2. The van der Waals surface area contributed by atoms with Crippen LogP contribution in [-0.4, -0.2) is 24.0 Å². The molecular weight excluding hydrogens is 202 g/mol. The van der Waals surface area contributed by atoms with Gasteiger partial charge in [0.15, 0.2) is 0 Å². The second kappa shape index (κ2) is 5.16. The van der Waals surface area contributed by atoms with E-state index in [-0.39, 0.29) is 17.2 Å². The molecule has 0 radical (unpaired) electrons. The van der Waals surface area contributed by atoms with Crippen LogP contribution < -0.4 is 11.1 Å². The van der Waals surface area contributed by atoms with Gasteiger partial charge in [-0.1, -0.05) is 20.8 Å². The lowest BCUT2D eigenvalue weighted by Crippen LogP contribution is -2.40. The minimum absolute atomic E-state index is 0.0159. The Hall–Kier alpha value is -1.29. The first-order chi connectivity index (χ1) is 7.47. The number of nitrogens with one attached hydrogen (secondary N) is 2. The molecule has 0 saturated heterocycles. The molecule has 1 amide bonds. The van der Waals surface area contributed by atoms with Crippen LogP contribution in [0, 0.1) is 5.92 Å². The van der Waals surface area contributed by atoms with Crippen molar-refractivity contribution in [2.45, 2.75) is 26.2 Å². The van der Waals surface area contributed by atoms with E-state index in [9.17, 15) is 4.79 Å². The van der Waals surface area contributed by atoms with Gasteiger partial charge in [-0.05, 0) is 12.1 Å². The van der Waals surface area contributed by atoms with Gasteiger partial charge in [-0.15, -0.1) is 0 Å². The third-order valence-corrected chi connectivity index (χ3v) is 2.83. The Balaban J connectivity index is 2.52. The molecule has 1 aromatic heterocycles. The van der Waals surface area contributed by atoms with Crippen molar-refractivity contribution < 1.29 is 4.79 Å². The van der Waals surface area contributed by atoms with E-state index in [0.29, 0.717) is 13.1 Å². The van der Waals surface area contributed by atoms with Crippen LogP contribution in [-0.2, 0) is 10.2 Å². The van der Waals surface area contributed by atoms with E-state index in [1.54, 1.807) is 0 Å². The molecule has 0 aliphatic carbocycles. The normalized spacial score (nSPS) is 13.5. The van der Waals surface area contributed by atoms with E-state index in [2.05, 4.69) is 24.1 Å². The Labute approximate surface area is 96.6 Å². The van der Waals surface area contributed by atoms with Crippen LogP contribution in [0.25, 0.3) is 0 Å². The Kier molecular flexibility index (Phi) is 4.12. The highest BCUT2D eigenvalue weighted by molar-refractivity contribution is 5.78. The van der Waals surface area contributed by atoms with E-state index in [1.165, 1.54) is 0 Å². The van der Waals surface area contributed by atoms with Crippen LogP contribution in [0.1, 0.15) is 26.5 Å². The van der Waals surface area contributed by atoms with Gasteiger partial charge in [-0.3, -0.25) is 4.79 Å². The molecule has 0 saturated carbocycles. The molecule has 16 heavy (non-hydrogen) atoms. The standard InChI is InChI=1S/C12H21N3O/c1-9(7-13)11(16)15-8-12(2,3)10-5-4-6-14-10/h4-6,9,14H,7-8,13H2,1-3H3,(H,15,16). The highest BCUT2D eigenvalue weighted by Crippen LogP contribution is 2.19. The van der Waals surface area contributed by atoms with Gasteiger partial charge in [0.25, 0.3) is 0 Å². The van der Waals surface area contributed by atoms with Crippen LogP contribution in [0.3, 0.4) is 0 Å². The molecule has 1 atom stereocenters. The number of hydrogen-bond acceptors (Lipinski definition) is 2. The van der Waals surface area contributed by atoms with Crippen LogP contribution in [0.15, 0.2) is 18.3 Å². The van der Waals surface area contributed by atoms with Crippen molar-refractivity contribution in [3.63, 3.8) is 0 Å². The lowest BCUT2D eigenvalue weighted by atomic mass is 9.89. The number of aromatic nitrogens is 1. The van der Waals surface area contributed by atoms with Gasteiger partial charge >= 0.3 is 0 Å². The summed E-state index contributed by atoms with van der Waals surface area (Å²) in [7, 11) is 0. The number of H-pyrrole nitrogens is 1. The molecule has 0 fully saturated rings. The summed E-state index contributed by atoms with van der Waals surface area (Å²) < 4.78 is 0. The second-order valence-corrected chi connectivity index (χ2v) is 4.82. The largest absolute Gasteiger partial charge is 0.364 e. The molecule has 0 aliphatic heterocycles. The maximum Gasteiger partial charge on any atom is 0.224 e. The van der Waals surface area contributed by atoms with E-state index in [0.717, 1.165) is 5.69 Å². The van der Waals surface area contributed by atoms with Gasteiger partial charge in [0.2, 0.25) is 5.91 Å². The Morgan fingerprint density at radius 1 is 1.62 bits per heavy atom. The SMILES string of the molecule is CC(CN)C(=O)NCC(C)(C)c1ccc[nH]1. The molecule has 0 aromatic carbocycles. The van der Waals surface area contributed by atoms with E-state index in [1.807, 2.05) is 25.3 Å². The third-order valence-electron chi connectivity index (χ3n) is 2.83. The maximum atomic E-state index is 11.6. The average molecular weight is 223 g/mol. The van der Waals surface area contributed by atoms with Crippen molar-refractivity contribution in [2.24, 2.45) is 11.7 Å². The van der Waals surface area contributed by atoms with Gasteiger partial charge in [0, 0.05) is 36.3 Å². The number of carbonyl (C=O) groups excluding carboxylic acids is 1. The fourth-order valence-electron chi connectivity index (χ4n) is 1.44. The molecule has 4 N–H and O–H groups in total.